The second-order valence-electron chi connectivity index (χ2n) is 6.03. The number of anilines is 1. The fourth-order valence-electron chi connectivity index (χ4n) is 2.73. The highest BCUT2D eigenvalue weighted by atomic mass is 35.5. The van der Waals surface area contributed by atoms with E-state index in [0.717, 1.165) is 4.90 Å². The minimum absolute atomic E-state index is 0.102. The lowest BCUT2D eigenvalue weighted by molar-refractivity contribution is -0.133. The molecular formula is C18H14ClN5O3. The van der Waals surface area contributed by atoms with Crippen molar-refractivity contribution in [3.05, 3.63) is 58.9 Å². The molecule has 1 aliphatic rings. The number of pyridine rings is 1. The normalized spacial score (nSPS) is 18.8. The zero-order valence-electron chi connectivity index (χ0n) is 14.2. The monoisotopic (exact) mass is 383 g/mol. The average Bonchev–Trinajstić information content (AvgIpc) is 2.88. The van der Waals surface area contributed by atoms with Crippen LogP contribution < -0.4 is 10.6 Å². The third-order valence-electron chi connectivity index (χ3n) is 4.20. The molecule has 3 rings (SSSR count). The van der Waals surface area contributed by atoms with Crippen LogP contribution in [0.15, 0.2) is 42.6 Å². The van der Waals surface area contributed by atoms with Crippen LogP contribution in [0.5, 0.6) is 0 Å². The Morgan fingerprint density at radius 2 is 2.04 bits per heavy atom. The molecule has 0 spiro atoms. The van der Waals surface area contributed by atoms with Crippen molar-refractivity contribution in [2.24, 2.45) is 0 Å². The van der Waals surface area contributed by atoms with Crippen LogP contribution in [0.3, 0.4) is 0 Å². The summed E-state index contributed by atoms with van der Waals surface area (Å²) in [5, 5.41) is 14.1. The molecule has 1 aromatic heterocycles. The molecule has 27 heavy (non-hydrogen) atoms. The summed E-state index contributed by atoms with van der Waals surface area (Å²) in [7, 11) is 0. The SMILES string of the molecule is CC1(c2ccc(C#N)cc2)NC(=O)N(CC(=O)Nc2cccnc2Cl)C1=O. The molecule has 2 N–H and O–H groups in total. The van der Waals surface area contributed by atoms with E-state index < -0.39 is 29.9 Å². The topological polar surface area (TPSA) is 115 Å². The van der Waals surface area contributed by atoms with Crippen LogP contribution in [0.25, 0.3) is 0 Å². The van der Waals surface area contributed by atoms with Gasteiger partial charge in [-0.2, -0.15) is 5.26 Å². The van der Waals surface area contributed by atoms with Crippen molar-refractivity contribution < 1.29 is 14.4 Å². The van der Waals surface area contributed by atoms with Crippen molar-refractivity contribution in [1.29, 1.82) is 5.26 Å². The molecule has 0 bridgehead atoms. The van der Waals surface area contributed by atoms with E-state index in [1.807, 2.05) is 6.07 Å². The summed E-state index contributed by atoms with van der Waals surface area (Å²) in [5.41, 5.74) is -0.0926. The lowest BCUT2D eigenvalue weighted by Crippen LogP contribution is -2.42. The molecule has 2 heterocycles. The number of aromatic nitrogens is 1. The molecule has 9 heteroatoms. The standard InChI is InChI=1S/C18H14ClN5O3/c1-18(12-6-4-11(9-20)5-7-12)16(26)24(17(27)23-18)10-14(25)22-13-3-2-8-21-15(13)19/h2-8H,10H2,1H3,(H,22,25)(H,23,27). The maximum absolute atomic E-state index is 12.8. The number of urea groups is 1. The Kier molecular flexibility index (Phi) is 4.79. The molecule has 136 valence electrons. The average molecular weight is 384 g/mol. The zero-order chi connectivity index (χ0) is 19.6. The molecule has 1 aliphatic heterocycles. The van der Waals surface area contributed by atoms with E-state index in [9.17, 15) is 14.4 Å². The Bertz CT molecular complexity index is 970. The van der Waals surface area contributed by atoms with Crippen LogP contribution in [0.1, 0.15) is 18.1 Å². The Hall–Kier alpha value is -3.44. The molecule has 2 aromatic rings. The van der Waals surface area contributed by atoms with Crippen molar-refractivity contribution in [2.75, 3.05) is 11.9 Å². The van der Waals surface area contributed by atoms with Crippen molar-refractivity contribution in [1.82, 2.24) is 15.2 Å². The quantitative estimate of drug-likeness (QED) is 0.619. The highest BCUT2D eigenvalue weighted by Gasteiger charge is 2.49. The molecule has 0 aliphatic carbocycles. The van der Waals surface area contributed by atoms with Crippen LogP contribution in [-0.2, 0) is 15.1 Å². The molecule has 1 saturated heterocycles. The fraction of sp³-hybridized carbons (Fsp3) is 0.167. The summed E-state index contributed by atoms with van der Waals surface area (Å²) in [6.07, 6.45) is 1.47. The Labute approximate surface area is 159 Å². The third-order valence-corrected chi connectivity index (χ3v) is 4.50. The summed E-state index contributed by atoms with van der Waals surface area (Å²) in [6.45, 7) is 1.08. The van der Waals surface area contributed by atoms with Gasteiger partial charge in [-0.25, -0.2) is 9.78 Å². The van der Waals surface area contributed by atoms with Gasteiger partial charge in [0.1, 0.15) is 12.1 Å². The van der Waals surface area contributed by atoms with E-state index in [1.54, 1.807) is 43.3 Å². The van der Waals surface area contributed by atoms with Crippen LogP contribution in [0, 0.1) is 11.3 Å². The lowest BCUT2D eigenvalue weighted by Gasteiger charge is -2.22. The molecule has 0 saturated carbocycles. The van der Waals surface area contributed by atoms with Crippen LogP contribution >= 0.6 is 11.6 Å². The molecule has 1 fully saturated rings. The summed E-state index contributed by atoms with van der Waals surface area (Å²) < 4.78 is 0. The number of nitrogens with one attached hydrogen (secondary N) is 2. The van der Waals surface area contributed by atoms with Crippen molar-refractivity contribution in [2.45, 2.75) is 12.5 Å². The van der Waals surface area contributed by atoms with Gasteiger partial charge in [-0.1, -0.05) is 23.7 Å². The van der Waals surface area contributed by atoms with Crippen LogP contribution in [0.2, 0.25) is 5.15 Å². The van der Waals surface area contributed by atoms with Gasteiger partial charge in [-0.3, -0.25) is 14.5 Å². The third kappa shape index (κ3) is 3.45. The van der Waals surface area contributed by atoms with Gasteiger partial charge in [0.15, 0.2) is 5.15 Å². The fourth-order valence-corrected chi connectivity index (χ4v) is 2.89. The Balaban J connectivity index is 1.76. The van der Waals surface area contributed by atoms with Crippen molar-refractivity contribution >= 4 is 35.1 Å². The predicted molar refractivity (Wildman–Crippen MR) is 96.6 cm³/mol. The highest BCUT2D eigenvalue weighted by molar-refractivity contribution is 6.32. The number of rotatable bonds is 4. The predicted octanol–water partition coefficient (Wildman–Crippen LogP) is 2.01. The van der Waals surface area contributed by atoms with Gasteiger partial charge < -0.3 is 10.6 Å². The smallest absolute Gasteiger partial charge is 0.322 e. The summed E-state index contributed by atoms with van der Waals surface area (Å²) in [6, 6.07) is 10.8. The second kappa shape index (κ2) is 7.05. The highest BCUT2D eigenvalue weighted by Crippen LogP contribution is 2.29. The second-order valence-corrected chi connectivity index (χ2v) is 6.38. The molecule has 0 radical (unpaired) electrons. The maximum Gasteiger partial charge on any atom is 0.325 e. The first-order chi connectivity index (χ1) is 12.8. The largest absolute Gasteiger partial charge is 0.325 e. The minimum Gasteiger partial charge on any atom is -0.322 e. The number of halogens is 1. The number of hydrogen-bond donors (Lipinski definition) is 2. The Morgan fingerprint density at radius 1 is 1.33 bits per heavy atom. The summed E-state index contributed by atoms with van der Waals surface area (Å²) in [5.74, 6) is -1.15. The molecule has 1 atom stereocenters. The minimum atomic E-state index is -1.32. The van der Waals surface area contributed by atoms with Gasteiger partial charge in [0.25, 0.3) is 5.91 Å². The van der Waals surface area contributed by atoms with Gasteiger partial charge in [0, 0.05) is 6.20 Å². The van der Waals surface area contributed by atoms with Gasteiger partial charge >= 0.3 is 6.03 Å². The zero-order valence-corrected chi connectivity index (χ0v) is 14.9. The summed E-state index contributed by atoms with van der Waals surface area (Å²) >= 11 is 5.88. The van der Waals surface area contributed by atoms with E-state index in [4.69, 9.17) is 16.9 Å². The van der Waals surface area contributed by atoms with E-state index in [2.05, 4.69) is 15.6 Å². The molecule has 8 nitrogen and oxygen atoms in total. The van der Waals surface area contributed by atoms with Crippen molar-refractivity contribution in [3.8, 4) is 6.07 Å². The first kappa shape index (κ1) is 18.4. The van der Waals surface area contributed by atoms with Gasteiger partial charge in [0.2, 0.25) is 5.91 Å². The molecule has 1 unspecified atom stereocenters. The van der Waals surface area contributed by atoms with Crippen LogP contribution in [0.4, 0.5) is 10.5 Å². The molecule has 4 amide bonds. The van der Waals surface area contributed by atoms with E-state index in [0.29, 0.717) is 11.1 Å². The lowest BCUT2D eigenvalue weighted by atomic mass is 9.91. The van der Waals surface area contributed by atoms with E-state index in [-0.39, 0.29) is 10.8 Å². The van der Waals surface area contributed by atoms with E-state index in [1.165, 1.54) is 6.20 Å². The van der Waals surface area contributed by atoms with E-state index >= 15 is 0 Å². The number of benzene rings is 1. The van der Waals surface area contributed by atoms with Crippen molar-refractivity contribution in [3.63, 3.8) is 0 Å². The first-order valence-electron chi connectivity index (χ1n) is 7.90. The molecule has 1 aromatic carbocycles. The van der Waals surface area contributed by atoms with Gasteiger partial charge in [0.05, 0.1) is 17.3 Å². The molecular weight excluding hydrogens is 370 g/mol. The van der Waals surface area contributed by atoms with Gasteiger partial charge in [-0.05, 0) is 36.8 Å². The number of carbonyl (C=O) groups is 3. The number of amides is 4. The first-order valence-corrected chi connectivity index (χ1v) is 8.28. The number of imide groups is 1. The number of nitrogens with zero attached hydrogens (tertiary/aromatic N) is 3. The van der Waals surface area contributed by atoms with Crippen LogP contribution in [-0.4, -0.2) is 34.3 Å². The Morgan fingerprint density at radius 3 is 2.67 bits per heavy atom. The number of nitriles is 1. The van der Waals surface area contributed by atoms with Gasteiger partial charge in [-0.15, -0.1) is 0 Å². The number of carbonyl (C=O) groups excluding carboxylic acids is 3. The maximum atomic E-state index is 12.8. The number of hydrogen-bond acceptors (Lipinski definition) is 5. The summed E-state index contributed by atoms with van der Waals surface area (Å²) in [4.78, 5) is 42.0.